The van der Waals surface area contributed by atoms with E-state index in [0.717, 1.165) is 18.2 Å². The van der Waals surface area contributed by atoms with Crippen LogP contribution in [0.2, 0.25) is 0 Å². The molecule has 2 aromatic carbocycles. The van der Waals surface area contributed by atoms with Gasteiger partial charge in [-0.1, -0.05) is 17.3 Å². The Morgan fingerprint density at radius 2 is 1.90 bits per heavy atom. The lowest BCUT2D eigenvalue weighted by Crippen LogP contribution is -2.23. The van der Waals surface area contributed by atoms with Crippen molar-refractivity contribution >= 4 is 27.5 Å². The van der Waals surface area contributed by atoms with Crippen molar-refractivity contribution in [2.45, 2.75) is 19.3 Å². The van der Waals surface area contributed by atoms with Gasteiger partial charge in [0.1, 0.15) is 5.69 Å². The first-order valence-electron chi connectivity index (χ1n) is 8.41. The van der Waals surface area contributed by atoms with Gasteiger partial charge in [-0.15, -0.1) is 5.10 Å². The average Bonchev–Trinajstić information content (AvgIpc) is 3.13. The predicted octanol–water partition coefficient (Wildman–Crippen LogP) is 3.95. The largest absolute Gasteiger partial charge is 0.416 e. The van der Waals surface area contributed by atoms with Crippen LogP contribution in [0.25, 0.3) is 0 Å². The van der Waals surface area contributed by atoms with Crippen molar-refractivity contribution < 1.29 is 22.9 Å². The Morgan fingerprint density at radius 3 is 2.53 bits per heavy atom. The molecule has 1 amide bonds. The van der Waals surface area contributed by atoms with E-state index in [1.54, 1.807) is 6.20 Å². The number of aromatic nitrogens is 3. The number of carbonyl (C=O) groups is 1. The predicted molar refractivity (Wildman–Crippen MR) is 103 cm³/mol. The summed E-state index contributed by atoms with van der Waals surface area (Å²) in [5, 5.41) is 21.3. The third-order valence-corrected chi connectivity index (χ3v) is 4.72. The molecule has 0 aliphatic carbocycles. The summed E-state index contributed by atoms with van der Waals surface area (Å²) < 4.78 is 39.5. The molecule has 30 heavy (non-hydrogen) atoms. The van der Waals surface area contributed by atoms with Crippen molar-refractivity contribution in [2.75, 3.05) is 0 Å². The van der Waals surface area contributed by atoms with E-state index >= 15 is 0 Å². The molecule has 0 atom stereocenters. The van der Waals surface area contributed by atoms with E-state index in [1.165, 1.54) is 28.9 Å². The number of nitrogens with zero attached hydrogens (tertiary/aromatic N) is 4. The standard InChI is InChI=1S/C18H13BrF3N5O3/c19-15-6-3-12(7-16(15)27(29)30)17(28)23-8-14-10-26(25-24-14)9-11-1-4-13(5-2-11)18(20,21)22/h1-7,10H,8-9H2,(H,23,28). The number of benzene rings is 2. The monoisotopic (exact) mass is 483 g/mol. The van der Waals surface area contributed by atoms with Gasteiger partial charge in [0.15, 0.2) is 0 Å². The van der Waals surface area contributed by atoms with Crippen LogP contribution < -0.4 is 5.32 Å². The highest BCUT2D eigenvalue weighted by molar-refractivity contribution is 9.10. The summed E-state index contributed by atoms with van der Waals surface area (Å²) in [5.74, 6) is -0.525. The molecule has 1 N–H and O–H groups in total. The minimum Gasteiger partial charge on any atom is -0.346 e. The summed E-state index contributed by atoms with van der Waals surface area (Å²) >= 11 is 3.05. The lowest BCUT2D eigenvalue weighted by Gasteiger charge is -2.07. The fourth-order valence-electron chi connectivity index (χ4n) is 2.55. The molecular weight excluding hydrogens is 471 g/mol. The SMILES string of the molecule is O=C(NCc1cn(Cc2ccc(C(F)(F)F)cc2)nn1)c1ccc(Br)c([N+](=O)[O-])c1. The van der Waals surface area contributed by atoms with E-state index in [1.807, 2.05) is 0 Å². The average molecular weight is 484 g/mol. The molecule has 1 heterocycles. The van der Waals surface area contributed by atoms with Gasteiger partial charge in [0.25, 0.3) is 11.6 Å². The van der Waals surface area contributed by atoms with Crippen LogP contribution in [-0.4, -0.2) is 25.8 Å². The molecule has 8 nitrogen and oxygen atoms in total. The van der Waals surface area contributed by atoms with E-state index in [0.29, 0.717) is 11.3 Å². The highest BCUT2D eigenvalue weighted by Gasteiger charge is 2.29. The lowest BCUT2D eigenvalue weighted by molar-refractivity contribution is -0.385. The number of rotatable bonds is 6. The highest BCUT2D eigenvalue weighted by Crippen LogP contribution is 2.29. The zero-order valence-corrected chi connectivity index (χ0v) is 16.6. The van der Waals surface area contributed by atoms with Crippen LogP contribution in [0.1, 0.15) is 27.2 Å². The van der Waals surface area contributed by atoms with Gasteiger partial charge in [0, 0.05) is 11.6 Å². The van der Waals surface area contributed by atoms with Crippen LogP contribution in [0.4, 0.5) is 18.9 Å². The van der Waals surface area contributed by atoms with E-state index in [9.17, 15) is 28.1 Å². The van der Waals surface area contributed by atoms with Crippen LogP contribution in [0.15, 0.2) is 53.1 Å². The van der Waals surface area contributed by atoms with E-state index < -0.39 is 22.6 Å². The molecule has 3 rings (SSSR count). The number of amides is 1. The third-order valence-electron chi connectivity index (χ3n) is 4.05. The number of nitro groups is 1. The molecule has 1 aromatic heterocycles. The number of nitro benzene ring substituents is 1. The Bertz CT molecular complexity index is 1080. The smallest absolute Gasteiger partial charge is 0.346 e. The second-order valence-electron chi connectivity index (χ2n) is 6.21. The molecule has 156 valence electrons. The zero-order chi connectivity index (χ0) is 21.9. The molecule has 0 saturated carbocycles. The molecule has 0 aliphatic heterocycles. The van der Waals surface area contributed by atoms with Crippen LogP contribution in [0, 0.1) is 10.1 Å². The summed E-state index contributed by atoms with van der Waals surface area (Å²) in [5.41, 5.74) is 0.168. The Morgan fingerprint density at radius 1 is 1.20 bits per heavy atom. The molecule has 3 aromatic rings. The topological polar surface area (TPSA) is 103 Å². The molecule has 0 radical (unpaired) electrons. The van der Waals surface area contributed by atoms with Gasteiger partial charge in [0.2, 0.25) is 0 Å². The first-order valence-corrected chi connectivity index (χ1v) is 9.20. The minimum absolute atomic E-state index is 0.0235. The first kappa shape index (κ1) is 21.4. The van der Waals surface area contributed by atoms with Crippen molar-refractivity contribution in [2.24, 2.45) is 0 Å². The van der Waals surface area contributed by atoms with Gasteiger partial charge in [-0.05, 0) is 45.8 Å². The second kappa shape index (κ2) is 8.61. The molecule has 0 aliphatic rings. The molecular formula is C18H13BrF3N5O3. The summed E-state index contributed by atoms with van der Waals surface area (Å²) in [7, 11) is 0. The molecule has 12 heteroatoms. The van der Waals surface area contributed by atoms with Crippen molar-refractivity contribution in [1.82, 2.24) is 20.3 Å². The van der Waals surface area contributed by atoms with Gasteiger partial charge < -0.3 is 5.32 Å². The minimum atomic E-state index is -4.40. The fourth-order valence-corrected chi connectivity index (χ4v) is 2.94. The van der Waals surface area contributed by atoms with Gasteiger partial charge in [-0.2, -0.15) is 13.2 Å². The van der Waals surface area contributed by atoms with Crippen LogP contribution in [0.3, 0.4) is 0 Å². The number of nitrogens with one attached hydrogen (secondary N) is 1. The van der Waals surface area contributed by atoms with E-state index in [4.69, 9.17) is 0 Å². The van der Waals surface area contributed by atoms with Crippen molar-refractivity contribution in [1.29, 1.82) is 0 Å². The number of alkyl halides is 3. The maximum Gasteiger partial charge on any atom is 0.416 e. The first-order chi connectivity index (χ1) is 14.1. The molecule has 0 spiro atoms. The maximum absolute atomic E-state index is 12.6. The molecule has 0 unspecified atom stereocenters. The Hall–Kier alpha value is -3.28. The summed E-state index contributed by atoms with van der Waals surface area (Å²) in [6.45, 7) is 0.230. The van der Waals surface area contributed by atoms with Crippen molar-refractivity contribution in [3.05, 3.63) is 85.6 Å². The number of hydrogen-bond acceptors (Lipinski definition) is 5. The summed E-state index contributed by atoms with van der Waals surface area (Å²) in [6, 6.07) is 8.69. The fraction of sp³-hybridized carbons (Fsp3) is 0.167. The summed E-state index contributed by atoms with van der Waals surface area (Å²) in [6.07, 6.45) is -2.85. The molecule has 0 bridgehead atoms. The number of carbonyl (C=O) groups excluding carboxylic acids is 1. The summed E-state index contributed by atoms with van der Waals surface area (Å²) in [4.78, 5) is 22.6. The van der Waals surface area contributed by atoms with Crippen LogP contribution >= 0.6 is 15.9 Å². The molecule has 0 saturated heterocycles. The maximum atomic E-state index is 12.6. The van der Waals surface area contributed by atoms with Gasteiger partial charge >= 0.3 is 6.18 Å². The second-order valence-corrected chi connectivity index (χ2v) is 7.06. The Balaban J connectivity index is 1.60. The van der Waals surface area contributed by atoms with Gasteiger partial charge in [-0.25, -0.2) is 4.68 Å². The normalized spacial score (nSPS) is 11.3. The van der Waals surface area contributed by atoms with E-state index in [-0.39, 0.29) is 28.8 Å². The Kier molecular flexibility index (Phi) is 6.15. The highest BCUT2D eigenvalue weighted by atomic mass is 79.9. The third kappa shape index (κ3) is 5.20. The lowest BCUT2D eigenvalue weighted by atomic mass is 10.1. The van der Waals surface area contributed by atoms with Crippen molar-refractivity contribution in [3.8, 4) is 0 Å². The van der Waals surface area contributed by atoms with Gasteiger partial charge in [-0.3, -0.25) is 14.9 Å². The van der Waals surface area contributed by atoms with Gasteiger partial charge in [0.05, 0.1) is 34.2 Å². The number of halogens is 4. The van der Waals surface area contributed by atoms with Crippen molar-refractivity contribution in [3.63, 3.8) is 0 Å². The zero-order valence-electron chi connectivity index (χ0n) is 15.1. The van der Waals surface area contributed by atoms with E-state index in [2.05, 4.69) is 31.6 Å². The quantitative estimate of drug-likeness (QED) is 0.422. The van der Waals surface area contributed by atoms with Crippen LogP contribution in [-0.2, 0) is 19.3 Å². The van der Waals surface area contributed by atoms with Crippen LogP contribution in [0.5, 0.6) is 0 Å². The Labute approximate surface area is 176 Å². The molecule has 0 fully saturated rings. The number of hydrogen-bond donors (Lipinski definition) is 1.